The number of carbonyl (C=O) groups excluding carboxylic acids is 1. The topological polar surface area (TPSA) is 54.0 Å². The van der Waals surface area contributed by atoms with E-state index in [1.54, 1.807) is 12.4 Å². The third-order valence-electron chi connectivity index (χ3n) is 3.00. The van der Waals surface area contributed by atoms with Crippen LogP contribution in [0.4, 0.5) is 5.69 Å². The molecule has 2 aromatic rings. The monoisotopic (exact) mass is 269 g/mol. The van der Waals surface area contributed by atoms with Gasteiger partial charge in [-0.25, -0.2) is 0 Å². The summed E-state index contributed by atoms with van der Waals surface area (Å²) >= 11 is 0. The zero-order valence-electron chi connectivity index (χ0n) is 11.8. The quantitative estimate of drug-likeness (QED) is 0.876. The van der Waals surface area contributed by atoms with Gasteiger partial charge in [0.25, 0.3) is 0 Å². The van der Waals surface area contributed by atoms with E-state index in [1.807, 2.05) is 44.2 Å². The molecule has 0 atom stereocenters. The first-order valence-corrected chi connectivity index (χ1v) is 6.62. The minimum Gasteiger partial charge on any atom is -0.325 e. The molecule has 0 saturated carbocycles. The Bertz CT molecular complexity index is 582. The standard InChI is InChI=1S/C16H19N3O/c1-12-5-6-13(2)15(8-12)19-16(20)11-18-10-14-4-3-7-17-9-14/h3-9,18H,10-11H2,1-2H3,(H,19,20). The number of nitrogens with one attached hydrogen (secondary N) is 2. The minimum absolute atomic E-state index is 0.0393. The predicted molar refractivity (Wildman–Crippen MR) is 80.5 cm³/mol. The summed E-state index contributed by atoms with van der Waals surface area (Å²) in [5.41, 5.74) is 4.13. The van der Waals surface area contributed by atoms with E-state index >= 15 is 0 Å². The van der Waals surface area contributed by atoms with Gasteiger partial charge in [0.05, 0.1) is 6.54 Å². The number of hydrogen-bond donors (Lipinski definition) is 2. The normalized spacial score (nSPS) is 10.3. The third-order valence-corrected chi connectivity index (χ3v) is 3.00. The first-order chi connectivity index (χ1) is 9.65. The molecule has 4 heteroatoms. The van der Waals surface area contributed by atoms with Crippen LogP contribution in [-0.2, 0) is 11.3 Å². The Morgan fingerprint density at radius 1 is 1.25 bits per heavy atom. The van der Waals surface area contributed by atoms with Gasteiger partial charge in [0.15, 0.2) is 0 Å². The lowest BCUT2D eigenvalue weighted by molar-refractivity contribution is -0.115. The summed E-state index contributed by atoms with van der Waals surface area (Å²) in [6.45, 7) is 4.91. The van der Waals surface area contributed by atoms with E-state index in [0.29, 0.717) is 6.54 Å². The van der Waals surface area contributed by atoms with Crippen LogP contribution in [0, 0.1) is 13.8 Å². The zero-order valence-corrected chi connectivity index (χ0v) is 11.8. The molecule has 4 nitrogen and oxygen atoms in total. The summed E-state index contributed by atoms with van der Waals surface area (Å²) in [5, 5.41) is 6.02. The summed E-state index contributed by atoms with van der Waals surface area (Å²) in [4.78, 5) is 15.9. The van der Waals surface area contributed by atoms with Crippen molar-refractivity contribution in [3.8, 4) is 0 Å². The highest BCUT2D eigenvalue weighted by Gasteiger charge is 2.04. The second-order valence-electron chi connectivity index (χ2n) is 4.83. The first-order valence-electron chi connectivity index (χ1n) is 6.62. The summed E-state index contributed by atoms with van der Waals surface area (Å²) in [7, 11) is 0. The molecule has 1 aromatic carbocycles. The van der Waals surface area contributed by atoms with Crippen LogP contribution in [0.3, 0.4) is 0 Å². The SMILES string of the molecule is Cc1ccc(C)c(NC(=O)CNCc2cccnc2)c1. The van der Waals surface area contributed by atoms with E-state index < -0.39 is 0 Å². The van der Waals surface area contributed by atoms with Crippen LogP contribution in [0.1, 0.15) is 16.7 Å². The molecule has 1 aromatic heterocycles. The fraction of sp³-hybridized carbons (Fsp3) is 0.250. The molecule has 0 spiro atoms. The van der Waals surface area contributed by atoms with Crippen LogP contribution in [-0.4, -0.2) is 17.4 Å². The Balaban J connectivity index is 1.82. The number of carbonyl (C=O) groups is 1. The summed E-state index contributed by atoms with van der Waals surface area (Å²) < 4.78 is 0. The lowest BCUT2D eigenvalue weighted by Crippen LogP contribution is -2.28. The average molecular weight is 269 g/mol. The van der Waals surface area contributed by atoms with Crippen molar-refractivity contribution in [1.29, 1.82) is 0 Å². The van der Waals surface area contributed by atoms with Crippen molar-refractivity contribution in [3.63, 3.8) is 0 Å². The Labute approximate surface area is 119 Å². The summed E-state index contributed by atoms with van der Waals surface area (Å²) in [6, 6.07) is 9.88. The fourth-order valence-electron chi connectivity index (χ4n) is 1.89. The molecule has 0 bridgehead atoms. The number of amides is 1. The first kappa shape index (κ1) is 14.2. The lowest BCUT2D eigenvalue weighted by atomic mass is 10.1. The van der Waals surface area contributed by atoms with Crippen molar-refractivity contribution in [3.05, 3.63) is 59.4 Å². The van der Waals surface area contributed by atoms with Gasteiger partial charge in [-0.1, -0.05) is 18.2 Å². The predicted octanol–water partition coefficient (Wildman–Crippen LogP) is 2.43. The van der Waals surface area contributed by atoms with Crippen molar-refractivity contribution in [2.24, 2.45) is 0 Å². The van der Waals surface area contributed by atoms with E-state index in [2.05, 4.69) is 15.6 Å². The summed E-state index contributed by atoms with van der Waals surface area (Å²) in [6.07, 6.45) is 3.52. The molecule has 0 radical (unpaired) electrons. The number of benzene rings is 1. The maximum Gasteiger partial charge on any atom is 0.238 e. The highest BCUT2D eigenvalue weighted by Crippen LogP contribution is 2.15. The number of hydrogen-bond acceptors (Lipinski definition) is 3. The van der Waals surface area contributed by atoms with E-state index in [1.165, 1.54) is 0 Å². The molecule has 0 aliphatic carbocycles. The molecule has 0 aliphatic rings. The molecule has 1 heterocycles. The van der Waals surface area contributed by atoms with Gasteiger partial charge in [0.2, 0.25) is 5.91 Å². The smallest absolute Gasteiger partial charge is 0.238 e. The van der Waals surface area contributed by atoms with Crippen LogP contribution in [0.25, 0.3) is 0 Å². The van der Waals surface area contributed by atoms with Crippen molar-refractivity contribution >= 4 is 11.6 Å². The molecular formula is C16H19N3O. The molecule has 20 heavy (non-hydrogen) atoms. The highest BCUT2D eigenvalue weighted by molar-refractivity contribution is 5.93. The number of aromatic nitrogens is 1. The van der Waals surface area contributed by atoms with Gasteiger partial charge in [-0.15, -0.1) is 0 Å². The highest BCUT2D eigenvalue weighted by atomic mass is 16.1. The van der Waals surface area contributed by atoms with Gasteiger partial charge < -0.3 is 10.6 Å². The van der Waals surface area contributed by atoms with Crippen molar-refractivity contribution in [2.45, 2.75) is 20.4 Å². The number of anilines is 1. The molecule has 0 fully saturated rings. The zero-order chi connectivity index (χ0) is 14.4. The second kappa shape index (κ2) is 6.82. The molecule has 0 unspecified atom stereocenters. The fourth-order valence-corrected chi connectivity index (χ4v) is 1.89. The van der Waals surface area contributed by atoms with Crippen LogP contribution in [0.15, 0.2) is 42.7 Å². The van der Waals surface area contributed by atoms with Crippen LogP contribution >= 0.6 is 0 Å². The molecule has 0 saturated heterocycles. The Hall–Kier alpha value is -2.20. The Morgan fingerprint density at radius 3 is 2.85 bits per heavy atom. The maximum absolute atomic E-state index is 11.9. The number of rotatable bonds is 5. The van der Waals surface area contributed by atoms with E-state index in [-0.39, 0.29) is 12.5 Å². The minimum atomic E-state index is -0.0393. The molecule has 1 amide bonds. The van der Waals surface area contributed by atoms with Crippen molar-refractivity contribution in [1.82, 2.24) is 10.3 Å². The van der Waals surface area contributed by atoms with Gasteiger partial charge >= 0.3 is 0 Å². The van der Waals surface area contributed by atoms with Crippen molar-refractivity contribution in [2.75, 3.05) is 11.9 Å². The van der Waals surface area contributed by atoms with Gasteiger partial charge in [0, 0.05) is 24.6 Å². The van der Waals surface area contributed by atoms with E-state index in [9.17, 15) is 4.79 Å². The van der Waals surface area contributed by atoms with Gasteiger partial charge in [0.1, 0.15) is 0 Å². The van der Waals surface area contributed by atoms with Crippen LogP contribution < -0.4 is 10.6 Å². The molecule has 0 aliphatic heterocycles. The molecule has 2 rings (SSSR count). The van der Waals surface area contributed by atoms with Gasteiger partial charge in [-0.3, -0.25) is 9.78 Å². The van der Waals surface area contributed by atoms with Crippen LogP contribution in [0.5, 0.6) is 0 Å². The second-order valence-corrected chi connectivity index (χ2v) is 4.83. The van der Waals surface area contributed by atoms with E-state index in [4.69, 9.17) is 0 Å². The Morgan fingerprint density at radius 2 is 2.10 bits per heavy atom. The molecule has 2 N–H and O–H groups in total. The van der Waals surface area contributed by atoms with Crippen LogP contribution in [0.2, 0.25) is 0 Å². The number of nitrogens with zero attached hydrogens (tertiary/aromatic N) is 1. The van der Waals surface area contributed by atoms with Gasteiger partial charge in [-0.05, 0) is 42.7 Å². The van der Waals surface area contributed by atoms with E-state index in [0.717, 1.165) is 22.4 Å². The third kappa shape index (κ3) is 4.17. The number of pyridine rings is 1. The molecule has 104 valence electrons. The van der Waals surface area contributed by atoms with Gasteiger partial charge in [-0.2, -0.15) is 0 Å². The summed E-state index contributed by atoms with van der Waals surface area (Å²) in [5.74, 6) is -0.0393. The maximum atomic E-state index is 11.9. The lowest BCUT2D eigenvalue weighted by Gasteiger charge is -2.10. The molecular weight excluding hydrogens is 250 g/mol. The van der Waals surface area contributed by atoms with Crippen molar-refractivity contribution < 1.29 is 4.79 Å². The Kier molecular flexibility index (Phi) is 4.85. The number of aryl methyl sites for hydroxylation is 2. The average Bonchev–Trinajstić information content (AvgIpc) is 2.44. The largest absolute Gasteiger partial charge is 0.325 e.